The number of hydrogen-bond donors (Lipinski definition) is 0. The highest BCUT2D eigenvalue weighted by atomic mass is 127. The average molecular weight is 292 g/mol. The van der Waals surface area contributed by atoms with Gasteiger partial charge in [0.05, 0.1) is 0 Å². The second-order valence-electron chi connectivity index (χ2n) is 3.82. The number of allylic oxidation sites excluding steroid dienone is 1. The number of halogens is 1. The van der Waals surface area contributed by atoms with E-state index in [1.807, 2.05) is 0 Å². The van der Waals surface area contributed by atoms with E-state index in [1.54, 1.807) is 0 Å². The lowest BCUT2D eigenvalue weighted by Gasteiger charge is -2.19. The molecule has 1 saturated carbocycles. The molecule has 1 atom stereocenters. The highest BCUT2D eigenvalue weighted by Gasteiger charge is 2.21. The van der Waals surface area contributed by atoms with Crippen LogP contribution in [-0.4, -0.2) is 5.78 Å². The summed E-state index contributed by atoms with van der Waals surface area (Å²) >= 11 is 2.26. The van der Waals surface area contributed by atoms with Gasteiger partial charge in [0.25, 0.3) is 0 Å². The second kappa shape index (κ2) is 5.78. The summed E-state index contributed by atoms with van der Waals surface area (Å²) in [6.45, 7) is 3.86. The Bertz CT molecular complexity index is 198. The van der Waals surface area contributed by atoms with Gasteiger partial charge in [-0.25, -0.2) is 0 Å². The van der Waals surface area contributed by atoms with Crippen LogP contribution in [0, 0.1) is 5.92 Å². The number of rotatable bonds is 4. The predicted molar refractivity (Wildman–Crippen MR) is 64.0 cm³/mol. The molecule has 0 N–H and O–H groups in total. The van der Waals surface area contributed by atoms with E-state index < -0.39 is 0 Å². The molecule has 1 nitrogen and oxygen atoms in total. The first-order chi connectivity index (χ1) is 6.20. The Hall–Kier alpha value is 0.140. The molecule has 74 valence electrons. The van der Waals surface area contributed by atoms with E-state index >= 15 is 0 Å². The first-order valence-corrected chi connectivity index (χ1v) is 6.14. The molecule has 0 bridgehead atoms. The molecule has 0 aromatic carbocycles. The highest BCUT2D eigenvalue weighted by molar-refractivity contribution is 14.1. The minimum atomic E-state index is 0.379. The van der Waals surface area contributed by atoms with Crippen LogP contribution in [-0.2, 0) is 4.79 Å². The van der Waals surface area contributed by atoms with Crippen molar-refractivity contribution >= 4 is 28.4 Å². The molecule has 0 radical (unpaired) electrons. The topological polar surface area (TPSA) is 17.1 Å². The van der Waals surface area contributed by atoms with E-state index in [9.17, 15) is 4.79 Å². The van der Waals surface area contributed by atoms with Crippen LogP contribution < -0.4 is 0 Å². The molecule has 13 heavy (non-hydrogen) atoms. The molecule has 2 heteroatoms. The van der Waals surface area contributed by atoms with Gasteiger partial charge in [-0.2, -0.15) is 0 Å². The zero-order valence-electron chi connectivity index (χ0n) is 8.02. The zero-order chi connectivity index (χ0) is 9.68. The van der Waals surface area contributed by atoms with Crippen LogP contribution >= 0.6 is 22.6 Å². The molecule has 0 aromatic rings. The minimum absolute atomic E-state index is 0.379. The van der Waals surface area contributed by atoms with E-state index in [1.165, 1.54) is 10.0 Å². The Labute approximate surface area is 94.1 Å². The summed E-state index contributed by atoms with van der Waals surface area (Å²) < 4.78 is 1.21. The third kappa shape index (κ3) is 4.25. The van der Waals surface area contributed by atoms with Gasteiger partial charge in [-0.3, -0.25) is 4.79 Å². The summed E-state index contributed by atoms with van der Waals surface area (Å²) in [5.74, 6) is 0.884. The number of Topliss-reactive ketones (excluding diaryl/α,β-unsaturated/α-hetero) is 1. The van der Waals surface area contributed by atoms with E-state index in [2.05, 4.69) is 29.2 Å². The molecule has 0 spiro atoms. The molecular weight excluding hydrogens is 275 g/mol. The fourth-order valence-electron chi connectivity index (χ4n) is 1.90. The molecule has 1 rings (SSSR count). The van der Waals surface area contributed by atoms with Gasteiger partial charge in [0.1, 0.15) is 5.78 Å². The third-order valence-corrected chi connectivity index (χ3v) is 3.22. The van der Waals surface area contributed by atoms with Gasteiger partial charge in [-0.15, -0.1) is 0 Å². The van der Waals surface area contributed by atoms with Crippen molar-refractivity contribution in [1.82, 2.24) is 0 Å². The van der Waals surface area contributed by atoms with Gasteiger partial charge in [0.15, 0.2) is 0 Å². The van der Waals surface area contributed by atoms with Gasteiger partial charge < -0.3 is 0 Å². The monoisotopic (exact) mass is 292 g/mol. The van der Waals surface area contributed by atoms with Crippen LogP contribution in [0.3, 0.4) is 0 Å². The lowest BCUT2D eigenvalue weighted by molar-refractivity contribution is -0.124. The average Bonchev–Trinajstić information content (AvgIpc) is 2.08. The number of hydrogen-bond acceptors (Lipinski definition) is 1. The minimum Gasteiger partial charge on any atom is -0.299 e. The number of carbonyl (C=O) groups excluding carboxylic acids is 1. The largest absolute Gasteiger partial charge is 0.299 e. The quantitative estimate of drug-likeness (QED) is 0.719. The van der Waals surface area contributed by atoms with Gasteiger partial charge in [0.2, 0.25) is 0 Å². The van der Waals surface area contributed by atoms with Crippen molar-refractivity contribution in [1.29, 1.82) is 0 Å². The van der Waals surface area contributed by atoms with Crippen LogP contribution in [0.2, 0.25) is 0 Å². The molecule has 1 fully saturated rings. The van der Waals surface area contributed by atoms with Crippen LogP contribution in [0.4, 0.5) is 0 Å². The first-order valence-electron chi connectivity index (χ1n) is 5.06. The van der Waals surface area contributed by atoms with Crippen molar-refractivity contribution in [2.45, 2.75) is 44.9 Å². The summed E-state index contributed by atoms with van der Waals surface area (Å²) in [4.78, 5) is 11.4. The Morgan fingerprint density at radius 3 is 2.92 bits per heavy atom. The standard InChI is InChI=1S/C11H17IO/c1-9(12)5-4-7-10-6-2-3-8-11(10)13/h10H,1-8H2. The van der Waals surface area contributed by atoms with E-state index in [-0.39, 0.29) is 0 Å². The summed E-state index contributed by atoms with van der Waals surface area (Å²) in [6.07, 6.45) is 7.63. The lowest BCUT2D eigenvalue weighted by Crippen LogP contribution is -2.18. The molecule has 1 aliphatic carbocycles. The Kier molecular flexibility index (Phi) is 4.99. The zero-order valence-corrected chi connectivity index (χ0v) is 10.2. The predicted octanol–water partition coefficient (Wildman–Crippen LogP) is 3.86. The highest BCUT2D eigenvalue weighted by Crippen LogP contribution is 2.26. The fourth-order valence-corrected chi connectivity index (χ4v) is 2.28. The smallest absolute Gasteiger partial charge is 0.135 e. The van der Waals surface area contributed by atoms with Crippen LogP contribution in [0.1, 0.15) is 44.9 Å². The van der Waals surface area contributed by atoms with Crippen molar-refractivity contribution in [3.63, 3.8) is 0 Å². The molecule has 0 aliphatic heterocycles. The van der Waals surface area contributed by atoms with Crippen LogP contribution in [0.5, 0.6) is 0 Å². The van der Waals surface area contributed by atoms with Crippen LogP contribution in [0.15, 0.2) is 10.2 Å². The van der Waals surface area contributed by atoms with Gasteiger partial charge in [-0.1, -0.05) is 13.0 Å². The van der Waals surface area contributed by atoms with E-state index in [0.717, 1.165) is 38.5 Å². The number of carbonyl (C=O) groups is 1. The van der Waals surface area contributed by atoms with Gasteiger partial charge in [-0.05, 0) is 58.3 Å². The maximum Gasteiger partial charge on any atom is 0.135 e. The van der Waals surface area contributed by atoms with E-state index in [0.29, 0.717) is 11.7 Å². The SMILES string of the molecule is C=C(I)CCCC1CCCCC1=O. The van der Waals surface area contributed by atoms with Crippen molar-refractivity contribution in [2.24, 2.45) is 5.92 Å². The fraction of sp³-hybridized carbons (Fsp3) is 0.727. The normalized spacial score (nSPS) is 23.2. The molecule has 1 unspecified atom stereocenters. The van der Waals surface area contributed by atoms with Crippen molar-refractivity contribution in [3.8, 4) is 0 Å². The van der Waals surface area contributed by atoms with Gasteiger partial charge >= 0.3 is 0 Å². The summed E-state index contributed by atoms with van der Waals surface area (Å²) in [5.41, 5.74) is 0. The second-order valence-corrected chi connectivity index (χ2v) is 5.34. The van der Waals surface area contributed by atoms with Crippen LogP contribution in [0.25, 0.3) is 0 Å². The van der Waals surface area contributed by atoms with E-state index in [4.69, 9.17) is 0 Å². The summed E-state index contributed by atoms with van der Waals surface area (Å²) in [7, 11) is 0. The van der Waals surface area contributed by atoms with Crippen molar-refractivity contribution in [3.05, 3.63) is 10.2 Å². The Morgan fingerprint density at radius 1 is 1.54 bits per heavy atom. The summed E-state index contributed by atoms with van der Waals surface area (Å²) in [6, 6.07) is 0. The molecular formula is C11H17IO. The number of ketones is 1. The Balaban J connectivity index is 2.19. The third-order valence-electron chi connectivity index (χ3n) is 2.68. The molecule has 0 amide bonds. The maximum atomic E-state index is 11.4. The molecule has 0 heterocycles. The summed E-state index contributed by atoms with van der Waals surface area (Å²) in [5, 5.41) is 0. The van der Waals surface area contributed by atoms with Gasteiger partial charge in [0, 0.05) is 12.3 Å². The molecule has 0 saturated heterocycles. The van der Waals surface area contributed by atoms with Crippen molar-refractivity contribution < 1.29 is 4.79 Å². The maximum absolute atomic E-state index is 11.4. The van der Waals surface area contributed by atoms with Crippen molar-refractivity contribution in [2.75, 3.05) is 0 Å². The molecule has 1 aliphatic rings. The molecule has 0 aromatic heterocycles. The lowest BCUT2D eigenvalue weighted by atomic mass is 9.84. The first kappa shape index (κ1) is 11.2. The Morgan fingerprint density at radius 2 is 2.31 bits per heavy atom.